The lowest BCUT2D eigenvalue weighted by atomic mass is 9.89. The molecule has 4 unspecified atom stereocenters. The maximum atomic E-state index is 6.40. The summed E-state index contributed by atoms with van der Waals surface area (Å²) in [6.07, 6.45) is 2.33. The number of halogens is 1. The van der Waals surface area contributed by atoms with Crippen LogP contribution in [0, 0.1) is 11.8 Å². The van der Waals surface area contributed by atoms with Gasteiger partial charge in [0, 0.05) is 24.0 Å². The van der Waals surface area contributed by atoms with Gasteiger partial charge in [-0.3, -0.25) is 4.90 Å². The van der Waals surface area contributed by atoms with E-state index in [0.29, 0.717) is 6.04 Å². The molecule has 0 aliphatic carbocycles. The molecule has 1 aromatic heterocycles. The van der Waals surface area contributed by atoms with Gasteiger partial charge in [-0.05, 0) is 36.8 Å². The minimum absolute atomic E-state index is 0.187. The van der Waals surface area contributed by atoms with Gasteiger partial charge in [-0.2, -0.15) is 0 Å². The van der Waals surface area contributed by atoms with Gasteiger partial charge in [0.25, 0.3) is 0 Å². The fraction of sp³-hybridized carbons (Fsp3) is 0.733. The Morgan fingerprint density at radius 3 is 2.47 bits per heavy atom. The smallest absolute Gasteiger partial charge is 0.0931 e. The summed E-state index contributed by atoms with van der Waals surface area (Å²) in [6, 6.07) is 4.66. The average molecular weight is 301 g/mol. The molecule has 0 radical (unpaired) electrons. The van der Waals surface area contributed by atoms with E-state index in [1.54, 1.807) is 11.3 Å². The SMILES string of the molecule is CCC(N)C(c1ccc(Cl)s1)N1CC(C)CC(C)C1. The number of thiophene rings is 1. The van der Waals surface area contributed by atoms with Crippen molar-refractivity contribution in [1.82, 2.24) is 4.90 Å². The summed E-state index contributed by atoms with van der Waals surface area (Å²) in [5, 5.41) is 0. The Bertz CT molecular complexity index is 397. The van der Waals surface area contributed by atoms with E-state index >= 15 is 0 Å². The molecule has 0 saturated carbocycles. The van der Waals surface area contributed by atoms with E-state index in [1.807, 2.05) is 6.07 Å². The van der Waals surface area contributed by atoms with Gasteiger partial charge < -0.3 is 5.73 Å². The number of hydrogen-bond donors (Lipinski definition) is 1. The summed E-state index contributed by atoms with van der Waals surface area (Å²) in [4.78, 5) is 3.90. The topological polar surface area (TPSA) is 29.3 Å². The highest BCUT2D eigenvalue weighted by atomic mass is 35.5. The second-order valence-electron chi connectivity index (χ2n) is 6.06. The zero-order valence-corrected chi connectivity index (χ0v) is 13.7. The Labute approximate surface area is 125 Å². The molecule has 0 amide bonds. The van der Waals surface area contributed by atoms with Gasteiger partial charge in [-0.1, -0.05) is 32.4 Å². The van der Waals surface area contributed by atoms with Gasteiger partial charge >= 0.3 is 0 Å². The Morgan fingerprint density at radius 1 is 1.37 bits per heavy atom. The first kappa shape index (κ1) is 15.3. The summed E-state index contributed by atoms with van der Waals surface area (Å²) >= 11 is 7.79. The van der Waals surface area contributed by atoms with Crippen molar-refractivity contribution in [2.75, 3.05) is 13.1 Å². The van der Waals surface area contributed by atoms with E-state index in [1.165, 1.54) is 11.3 Å². The molecule has 4 atom stereocenters. The van der Waals surface area contributed by atoms with Crippen LogP contribution >= 0.6 is 22.9 Å². The summed E-state index contributed by atoms with van der Waals surface area (Å²) in [5.41, 5.74) is 6.40. The highest BCUT2D eigenvalue weighted by Gasteiger charge is 2.32. The summed E-state index contributed by atoms with van der Waals surface area (Å²) < 4.78 is 0.862. The van der Waals surface area contributed by atoms with Gasteiger partial charge in [0.1, 0.15) is 0 Å². The summed E-state index contributed by atoms with van der Waals surface area (Å²) in [7, 11) is 0. The summed E-state index contributed by atoms with van der Waals surface area (Å²) in [6.45, 7) is 9.16. The molecule has 0 bridgehead atoms. The third-order valence-corrected chi connectivity index (χ3v) is 5.35. The first-order chi connectivity index (χ1) is 9.01. The highest BCUT2D eigenvalue weighted by molar-refractivity contribution is 7.16. The largest absolute Gasteiger partial charge is 0.326 e. The number of hydrogen-bond acceptors (Lipinski definition) is 3. The van der Waals surface area contributed by atoms with Crippen molar-refractivity contribution >= 4 is 22.9 Å². The zero-order chi connectivity index (χ0) is 14.0. The predicted molar refractivity (Wildman–Crippen MR) is 84.9 cm³/mol. The molecule has 2 rings (SSSR count). The van der Waals surface area contributed by atoms with Crippen LogP contribution < -0.4 is 5.73 Å². The standard InChI is InChI=1S/C15H25ClN2S/c1-4-12(17)15(13-5-6-14(16)19-13)18-8-10(2)7-11(3)9-18/h5-6,10-12,15H,4,7-9,17H2,1-3H3. The molecule has 19 heavy (non-hydrogen) atoms. The summed E-state index contributed by atoms with van der Waals surface area (Å²) in [5.74, 6) is 1.51. The number of nitrogens with zero attached hydrogens (tertiary/aromatic N) is 1. The highest BCUT2D eigenvalue weighted by Crippen LogP contribution is 2.36. The van der Waals surface area contributed by atoms with Gasteiger partial charge in [0.15, 0.2) is 0 Å². The molecular formula is C15H25ClN2S. The lowest BCUT2D eigenvalue weighted by molar-refractivity contribution is 0.0827. The quantitative estimate of drug-likeness (QED) is 0.905. The fourth-order valence-electron chi connectivity index (χ4n) is 3.31. The van der Waals surface area contributed by atoms with Crippen molar-refractivity contribution < 1.29 is 0 Å². The molecule has 1 aliphatic rings. The molecular weight excluding hydrogens is 276 g/mol. The number of piperidine rings is 1. The number of rotatable bonds is 4. The molecule has 4 heteroatoms. The van der Waals surface area contributed by atoms with Crippen LogP contribution in [0.1, 0.15) is 44.5 Å². The van der Waals surface area contributed by atoms with Crippen molar-refractivity contribution in [2.45, 2.75) is 45.7 Å². The van der Waals surface area contributed by atoms with Crippen molar-refractivity contribution in [3.05, 3.63) is 21.3 Å². The van der Waals surface area contributed by atoms with Crippen LogP contribution in [-0.2, 0) is 0 Å². The Balaban J connectivity index is 2.22. The molecule has 108 valence electrons. The van der Waals surface area contributed by atoms with Gasteiger partial charge in [0.05, 0.1) is 10.4 Å². The minimum Gasteiger partial charge on any atom is -0.326 e. The molecule has 0 spiro atoms. The second kappa shape index (κ2) is 6.57. The molecule has 0 aromatic carbocycles. The van der Waals surface area contributed by atoms with Crippen molar-refractivity contribution in [1.29, 1.82) is 0 Å². The lowest BCUT2D eigenvalue weighted by Crippen LogP contribution is -2.47. The van der Waals surface area contributed by atoms with E-state index in [4.69, 9.17) is 17.3 Å². The van der Waals surface area contributed by atoms with Crippen molar-refractivity contribution in [3.63, 3.8) is 0 Å². The molecule has 2 N–H and O–H groups in total. The zero-order valence-electron chi connectivity index (χ0n) is 12.1. The molecule has 1 fully saturated rings. The van der Waals surface area contributed by atoms with E-state index in [9.17, 15) is 0 Å². The van der Waals surface area contributed by atoms with Crippen LogP contribution in [0.2, 0.25) is 4.34 Å². The average Bonchev–Trinajstić information content (AvgIpc) is 2.74. The van der Waals surface area contributed by atoms with E-state index in [2.05, 4.69) is 31.7 Å². The van der Waals surface area contributed by atoms with E-state index in [-0.39, 0.29) is 6.04 Å². The number of likely N-dealkylation sites (tertiary alicyclic amines) is 1. The maximum Gasteiger partial charge on any atom is 0.0931 e. The fourth-order valence-corrected chi connectivity index (χ4v) is 4.58. The third kappa shape index (κ3) is 3.72. The van der Waals surface area contributed by atoms with Gasteiger partial charge in [-0.15, -0.1) is 11.3 Å². The van der Waals surface area contributed by atoms with Crippen LogP contribution in [0.25, 0.3) is 0 Å². The second-order valence-corrected chi connectivity index (χ2v) is 7.81. The first-order valence-corrected chi connectivity index (χ1v) is 8.45. The molecule has 2 nitrogen and oxygen atoms in total. The Kier molecular flexibility index (Phi) is 5.29. The Morgan fingerprint density at radius 2 is 2.00 bits per heavy atom. The molecule has 1 aromatic rings. The molecule has 1 aliphatic heterocycles. The number of nitrogens with two attached hydrogens (primary N) is 1. The van der Waals surface area contributed by atoms with E-state index in [0.717, 1.165) is 35.7 Å². The van der Waals surface area contributed by atoms with Crippen LogP contribution in [0.5, 0.6) is 0 Å². The van der Waals surface area contributed by atoms with Crippen molar-refractivity contribution in [3.8, 4) is 0 Å². The van der Waals surface area contributed by atoms with E-state index < -0.39 is 0 Å². The third-order valence-electron chi connectivity index (χ3n) is 4.05. The van der Waals surface area contributed by atoms with Crippen LogP contribution in [0.4, 0.5) is 0 Å². The van der Waals surface area contributed by atoms with Crippen LogP contribution in [0.3, 0.4) is 0 Å². The van der Waals surface area contributed by atoms with Crippen LogP contribution in [-0.4, -0.2) is 24.0 Å². The predicted octanol–water partition coefficient (Wildman–Crippen LogP) is 4.16. The maximum absolute atomic E-state index is 6.40. The first-order valence-electron chi connectivity index (χ1n) is 7.26. The van der Waals surface area contributed by atoms with Gasteiger partial charge in [-0.25, -0.2) is 0 Å². The Hall–Kier alpha value is -0.0900. The van der Waals surface area contributed by atoms with Gasteiger partial charge in [0.2, 0.25) is 0 Å². The normalized spacial score (nSPS) is 28.3. The molecule has 2 heterocycles. The molecule has 1 saturated heterocycles. The van der Waals surface area contributed by atoms with Crippen molar-refractivity contribution in [2.24, 2.45) is 17.6 Å². The monoisotopic (exact) mass is 300 g/mol. The minimum atomic E-state index is 0.187. The lowest BCUT2D eigenvalue weighted by Gasteiger charge is -2.42. The van der Waals surface area contributed by atoms with Crippen LogP contribution in [0.15, 0.2) is 12.1 Å².